The fourth-order valence-corrected chi connectivity index (χ4v) is 12.0. The van der Waals surface area contributed by atoms with Gasteiger partial charge >= 0.3 is 11.9 Å². The van der Waals surface area contributed by atoms with Gasteiger partial charge in [-0.3, -0.25) is 9.59 Å². The van der Waals surface area contributed by atoms with E-state index in [2.05, 4.69) is 13.2 Å². The van der Waals surface area contributed by atoms with Crippen molar-refractivity contribution in [2.75, 3.05) is 41.0 Å². The number of hydrogen-bond acceptors (Lipinski definition) is 14. The molecule has 8 atom stereocenters. The molecule has 0 radical (unpaired) electrons. The molecule has 0 saturated heterocycles. The zero-order valence-corrected chi connectivity index (χ0v) is 36.3. The molecule has 0 spiro atoms. The molecule has 8 aliphatic rings. The predicted molar refractivity (Wildman–Crippen MR) is 223 cm³/mol. The standard InChI is InChI=1S/C26H34O8.C22H26O6/c1-18(2)23(28)34-26-11-19-9-24(14-26,13-25(10-19,15-26)33-17-30-4)32-12-22(27)20-5-7-21(8-6-20)31-16-29-3;1-14(2)19(25)28-22-9-15-7-20(26,12-22)11-21(8-15,13-22)27-10-18(24)16-3-5-17(23)6-4-16/h5-8,19H,1,9-17H2,2-4H3;3-6,15,23,26H,1,7-13H2,2H3. The van der Waals surface area contributed by atoms with E-state index in [1.807, 2.05) is 0 Å². The van der Waals surface area contributed by atoms with Crippen LogP contribution in [0.3, 0.4) is 0 Å². The number of phenols is 1. The molecule has 8 aliphatic carbocycles. The van der Waals surface area contributed by atoms with E-state index >= 15 is 0 Å². The van der Waals surface area contributed by atoms with Gasteiger partial charge in [0.15, 0.2) is 18.4 Å². The maximum atomic E-state index is 12.9. The molecule has 0 aromatic heterocycles. The molecule has 2 aromatic carbocycles. The lowest BCUT2D eigenvalue weighted by Crippen LogP contribution is -2.68. The quantitative estimate of drug-likeness (QED) is 0.0696. The van der Waals surface area contributed by atoms with Gasteiger partial charge in [-0.15, -0.1) is 0 Å². The van der Waals surface area contributed by atoms with E-state index in [0.717, 1.165) is 25.7 Å². The molecule has 336 valence electrons. The van der Waals surface area contributed by atoms with Gasteiger partial charge in [0.1, 0.15) is 42.7 Å². The van der Waals surface area contributed by atoms with E-state index in [-0.39, 0.29) is 56.0 Å². The average molecular weight is 861 g/mol. The van der Waals surface area contributed by atoms with Gasteiger partial charge in [-0.25, -0.2) is 9.59 Å². The van der Waals surface area contributed by atoms with Crippen LogP contribution in [0.2, 0.25) is 0 Å². The first-order valence-electron chi connectivity index (χ1n) is 21.3. The van der Waals surface area contributed by atoms with E-state index in [4.69, 9.17) is 37.9 Å². The average Bonchev–Trinajstić information content (AvgIpc) is 3.19. The molecular formula is C48H60O14. The minimum absolute atomic E-state index is 0.0597. The summed E-state index contributed by atoms with van der Waals surface area (Å²) < 4.78 is 46.0. The van der Waals surface area contributed by atoms with Gasteiger partial charge < -0.3 is 48.1 Å². The van der Waals surface area contributed by atoms with E-state index in [0.29, 0.717) is 79.4 Å². The summed E-state index contributed by atoms with van der Waals surface area (Å²) in [6, 6.07) is 13.0. The second-order valence-corrected chi connectivity index (χ2v) is 19.1. The van der Waals surface area contributed by atoms with Crippen LogP contribution in [-0.4, -0.2) is 108 Å². The lowest BCUT2D eigenvalue weighted by molar-refractivity contribution is -0.293. The van der Waals surface area contributed by atoms with Crippen molar-refractivity contribution in [2.45, 2.75) is 125 Å². The Morgan fingerprint density at radius 1 is 0.581 bits per heavy atom. The minimum Gasteiger partial charge on any atom is -0.508 e. The fraction of sp³-hybridized carbons (Fsp3) is 0.583. The molecule has 0 heterocycles. The summed E-state index contributed by atoms with van der Waals surface area (Å²) >= 11 is 0. The van der Waals surface area contributed by atoms with Crippen molar-refractivity contribution in [3.8, 4) is 11.5 Å². The highest BCUT2D eigenvalue weighted by atomic mass is 16.7. The van der Waals surface area contributed by atoms with Gasteiger partial charge in [-0.1, -0.05) is 13.2 Å². The Balaban J connectivity index is 0.000000190. The number of rotatable bonds is 18. The number of aliphatic hydroxyl groups is 1. The largest absolute Gasteiger partial charge is 0.508 e. The maximum absolute atomic E-state index is 12.9. The van der Waals surface area contributed by atoms with Gasteiger partial charge in [-0.05, 0) is 113 Å². The third kappa shape index (κ3) is 10.0. The molecule has 8 unspecified atom stereocenters. The van der Waals surface area contributed by atoms with Crippen molar-refractivity contribution in [3.63, 3.8) is 0 Å². The summed E-state index contributed by atoms with van der Waals surface area (Å²) in [6.07, 6.45) is 7.73. The maximum Gasteiger partial charge on any atom is 0.333 e. The molecule has 2 aromatic rings. The van der Waals surface area contributed by atoms with Crippen LogP contribution in [0.5, 0.6) is 11.5 Å². The monoisotopic (exact) mass is 860 g/mol. The Bertz CT molecular complexity index is 2050. The first-order valence-corrected chi connectivity index (χ1v) is 21.3. The van der Waals surface area contributed by atoms with Gasteiger partial charge in [-0.2, -0.15) is 0 Å². The van der Waals surface area contributed by atoms with Gasteiger partial charge in [0, 0.05) is 75.0 Å². The zero-order valence-electron chi connectivity index (χ0n) is 36.3. The molecular weight excluding hydrogens is 801 g/mol. The van der Waals surface area contributed by atoms with Crippen molar-refractivity contribution < 1.29 is 67.3 Å². The molecule has 0 aliphatic heterocycles. The zero-order chi connectivity index (χ0) is 44.6. The smallest absolute Gasteiger partial charge is 0.333 e. The number of aromatic hydroxyl groups is 1. The second kappa shape index (κ2) is 17.6. The topological polar surface area (TPSA) is 183 Å². The Hall–Kier alpha value is -4.44. The van der Waals surface area contributed by atoms with Gasteiger partial charge in [0.05, 0.1) is 22.4 Å². The summed E-state index contributed by atoms with van der Waals surface area (Å²) in [6.45, 7) is 10.8. The van der Waals surface area contributed by atoms with Crippen LogP contribution >= 0.6 is 0 Å². The molecule has 10 rings (SSSR count). The van der Waals surface area contributed by atoms with Gasteiger partial charge in [0.2, 0.25) is 0 Å². The van der Waals surface area contributed by atoms with Crippen molar-refractivity contribution in [1.82, 2.24) is 0 Å². The van der Waals surface area contributed by atoms with Crippen LogP contribution in [0, 0.1) is 11.8 Å². The van der Waals surface area contributed by atoms with Gasteiger partial charge in [0.25, 0.3) is 0 Å². The molecule has 62 heavy (non-hydrogen) atoms. The first-order chi connectivity index (χ1) is 29.3. The Morgan fingerprint density at radius 2 is 0.984 bits per heavy atom. The number of phenolic OH excluding ortho intramolecular Hbond substituents is 1. The highest BCUT2D eigenvalue weighted by molar-refractivity contribution is 5.97. The summed E-state index contributed by atoms with van der Waals surface area (Å²) in [4.78, 5) is 50.1. The lowest BCUT2D eigenvalue weighted by Gasteiger charge is -2.64. The first kappa shape index (κ1) is 45.6. The van der Waals surface area contributed by atoms with Crippen LogP contribution in [0.25, 0.3) is 0 Å². The molecule has 14 heteroatoms. The van der Waals surface area contributed by atoms with E-state index in [9.17, 15) is 29.4 Å². The Morgan fingerprint density at radius 3 is 1.47 bits per heavy atom. The number of carbonyl (C=O) groups is 4. The Kier molecular flexibility index (Phi) is 12.9. The third-order valence-corrected chi connectivity index (χ3v) is 13.4. The lowest BCUT2D eigenvalue weighted by atomic mass is 9.50. The normalized spacial score (nSPS) is 33.2. The number of benzene rings is 2. The van der Waals surface area contributed by atoms with Crippen LogP contribution in [0.1, 0.15) is 112 Å². The highest BCUT2D eigenvalue weighted by Crippen LogP contribution is 2.64. The van der Waals surface area contributed by atoms with Crippen molar-refractivity contribution in [2.24, 2.45) is 11.8 Å². The molecule has 8 saturated carbocycles. The van der Waals surface area contributed by atoms with Crippen LogP contribution in [-0.2, 0) is 42.7 Å². The second-order valence-electron chi connectivity index (χ2n) is 19.1. The number of ketones is 2. The van der Waals surface area contributed by atoms with Crippen molar-refractivity contribution in [1.29, 1.82) is 0 Å². The SMILES string of the molecule is C=C(C)C(=O)OC12CC3CC(O)(CC(OCC(=O)c4ccc(O)cc4)(C3)C1)C2.C=C(C)C(=O)OC12CC3CC(OCOC)(CC(OCC(=O)c4ccc(OCOC)cc4)(C3)C1)C2. The van der Waals surface area contributed by atoms with E-state index in [1.165, 1.54) is 12.1 Å². The van der Waals surface area contributed by atoms with Crippen LogP contribution in [0.4, 0.5) is 0 Å². The number of esters is 2. The molecule has 8 bridgehead atoms. The predicted octanol–water partition coefficient (Wildman–Crippen LogP) is 6.74. The van der Waals surface area contributed by atoms with Crippen LogP contribution in [0.15, 0.2) is 72.8 Å². The number of carbonyl (C=O) groups excluding carboxylic acids is 4. The number of hydrogen-bond donors (Lipinski definition) is 2. The molecule has 2 N–H and O–H groups in total. The third-order valence-electron chi connectivity index (χ3n) is 13.4. The number of methoxy groups -OCH3 is 2. The molecule has 8 fully saturated rings. The number of Topliss-reactive ketones (excluding diaryl/α,β-unsaturated/α-hetero) is 2. The van der Waals surface area contributed by atoms with Crippen molar-refractivity contribution in [3.05, 3.63) is 84.0 Å². The van der Waals surface area contributed by atoms with Crippen LogP contribution < -0.4 is 4.74 Å². The summed E-state index contributed by atoms with van der Waals surface area (Å²) in [5, 5.41) is 20.5. The fourth-order valence-electron chi connectivity index (χ4n) is 12.0. The Labute approximate surface area is 362 Å². The molecule has 0 amide bonds. The summed E-state index contributed by atoms with van der Waals surface area (Å²) in [5.41, 5.74) is -2.45. The molecule has 14 nitrogen and oxygen atoms in total. The van der Waals surface area contributed by atoms with Crippen molar-refractivity contribution >= 4 is 23.5 Å². The summed E-state index contributed by atoms with van der Waals surface area (Å²) in [5.74, 6) is 0.0542. The van der Waals surface area contributed by atoms with E-state index in [1.54, 1.807) is 64.5 Å². The number of ether oxygens (including phenoxy) is 8. The summed E-state index contributed by atoms with van der Waals surface area (Å²) in [7, 11) is 3.14. The minimum atomic E-state index is -0.934. The van der Waals surface area contributed by atoms with E-state index < -0.39 is 45.5 Å². The highest BCUT2D eigenvalue weighted by Gasteiger charge is 2.67.